The van der Waals surface area contributed by atoms with Crippen molar-refractivity contribution >= 4 is 32.3 Å². The van der Waals surface area contributed by atoms with Crippen molar-refractivity contribution in [1.82, 2.24) is 0 Å². The molecule has 0 saturated heterocycles. The summed E-state index contributed by atoms with van der Waals surface area (Å²) in [5.41, 5.74) is 18.6. The highest BCUT2D eigenvalue weighted by Gasteiger charge is 2.39. The van der Waals surface area contributed by atoms with E-state index < -0.39 is 0 Å². The second-order valence-corrected chi connectivity index (χ2v) is 16.4. The lowest BCUT2D eigenvalue weighted by atomic mass is 9.77. The SMILES string of the molecule is CC1(C)c2ccccc2-c2ccc(-c3c4ccccc4c(-c4ccc(-c5cccc6c5C(C)(C)c5c-6ccc6ccccc56)cc4)c4ccccc34)cc21. The molecule has 0 radical (unpaired) electrons. The van der Waals surface area contributed by atoms with Gasteiger partial charge in [-0.15, -0.1) is 0 Å². The van der Waals surface area contributed by atoms with Gasteiger partial charge in [0, 0.05) is 10.8 Å². The lowest BCUT2D eigenvalue weighted by Crippen LogP contribution is -2.16. The Morgan fingerprint density at radius 1 is 0.296 bits per heavy atom. The van der Waals surface area contributed by atoms with E-state index in [1.165, 1.54) is 110 Å². The third-order valence-electron chi connectivity index (χ3n) is 12.8. The van der Waals surface area contributed by atoms with Crippen LogP contribution in [-0.2, 0) is 10.8 Å². The largest absolute Gasteiger partial charge is 0.0619 e. The van der Waals surface area contributed by atoms with Gasteiger partial charge in [0.25, 0.3) is 0 Å². The van der Waals surface area contributed by atoms with Crippen molar-refractivity contribution in [1.29, 1.82) is 0 Å². The van der Waals surface area contributed by atoms with Crippen LogP contribution in [0.4, 0.5) is 0 Å². The van der Waals surface area contributed by atoms with Crippen LogP contribution in [0.25, 0.3) is 88.0 Å². The van der Waals surface area contributed by atoms with Gasteiger partial charge in [-0.1, -0.05) is 191 Å². The third kappa shape index (κ3) is 4.20. The zero-order valence-corrected chi connectivity index (χ0v) is 31.2. The van der Waals surface area contributed by atoms with Crippen molar-refractivity contribution in [3.8, 4) is 55.6 Å². The summed E-state index contributed by atoms with van der Waals surface area (Å²) in [6.45, 7) is 9.55. The highest BCUT2D eigenvalue weighted by atomic mass is 14.4. The standard InChI is InChI=1S/C54H40/c1-53(2)47-23-12-11-16-39(47)40-30-29-36(32-48(40)53)50-43-19-9-7-17-41(43)49(42-18-8-10-20-44(42)50)35-26-24-34(25-27-35)38-21-13-22-45-46-31-28-33-14-5-6-15-37(33)52(46)54(3,4)51(38)45/h5-32H,1-4H3. The Balaban J connectivity index is 1.06. The first-order chi connectivity index (χ1) is 26.3. The summed E-state index contributed by atoms with van der Waals surface area (Å²) >= 11 is 0. The molecule has 0 atom stereocenters. The van der Waals surface area contributed by atoms with Gasteiger partial charge in [0.2, 0.25) is 0 Å². The van der Waals surface area contributed by atoms with Gasteiger partial charge in [-0.05, 0) is 116 Å². The predicted octanol–water partition coefficient (Wildman–Crippen LogP) is 14.8. The molecule has 0 heterocycles. The van der Waals surface area contributed by atoms with Crippen LogP contribution in [-0.4, -0.2) is 0 Å². The van der Waals surface area contributed by atoms with Crippen molar-refractivity contribution in [2.75, 3.05) is 0 Å². The molecule has 0 fully saturated rings. The summed E-state index contributed by atoms with van der Waals surface area (Å²) in [6.07, 6.45) is 0. The summed E-state index contributed by atoms with van der Waals surface area (Å²) < 4.78 is 0. The third-order valence-corrected chi connectivity index (χ3v) is 12.8. The first-order valence-electron chi connectivity index (χ1n) is 19.3. The Morgan fingerprint density at radius 2 is 0.778 bits per heavy atom. The van der Waals surface area contributed by atoms with Gasteiger partial charge >= 0.3 is 0 Å². The van der Waals surface area contributed by atoms with Crippen LogP contribution < -0.4 is 0 Å². The van der Waals surface area contributed by atoms with E-state index in [4.69, 9.17) is 0 Å². The molecule has 0 nitrogen and oxygen atoms in total. The van der Waals surface area contributed by atoms with Gasteiger partial charge in [-0.25, -0.2) is 0 Å². The molecule has 54 heavy (non-hydrogen) atoms. The normalized spacial score (nSPS) is 14.6. The highest BCUT2D eigenvalue weighted by molar-refractivity contribution is 6.21. The van der Waals surface area contributed by atoms with Crippen molar-refractivity contribution in [3.05, 3.63) is 192 Å². The Morgan fingerprint density at radius 3 is 1.48 bits per heavy atom. The Hall–Kier alpha value is -6.24. The maximum absolute atomic E-state index is 2.47. The van der Waals surface area contributed by atoms with Gasteiger partial charge in [0.05, 0.1) is 0 Å². The molecule has 0 saturated carbocycles. The van der Waals surface area contributed by atoms with Crippen LogP contribution in [0.5, 0.6) is 0 Å². The number of rotatable bonds is 3. The summed E-state index contributed by atoms with van der Waals surface area (Å²) in [6, 6.07) is 63.9. The Bertz CT molecular complexity index is 2970. The average molecular weight is 689 g/mol. The number of hydrogen-bond acceptors (Lipinski definition) is 0. The van der Waals surface area contributed by atoms with Crippen molar-refractivity contribution in [2.45, 2.75) is 38.5 Å². The minimum Gasteiger partial charge on any atom is -0.0619 e. The van der Waals surface area contributed by atoms with E-state index in [0.717, 1.165) is 0 Å². The molecule has 0 unspecified atom stereocenters. The first-order valence-corrected chi connectivity index (χ1v) is 19.3. The number of fused-ring (bicyclic) bond motifs is 10. The molecule has 2 aliphatic rings. The van der Waals surface area contributed by atoms with Crippen molar-refractivity contribution in [2.24, 2.45) is 0 Å². The maximum Gasteiger partial charge on any atom is 0.0171 e. The first kappa shape index (κ1) is 31.3. The van der Waals surface area contributed by atoms with E-state index in [2.05, 4.69) is 198 Å². The monoisotopic (exact) mass is 688 g/mol. The fraction of sp³-hybridized carbons (Fsp3) is 0.111. The van der Waals surface area contributed by atoms with Crippen LogP contribution in [0, 0.1) is 0 Å². The smallest absolute Gasteiger partial charge is 0.0171 e. The van der Waals surface area contributed by atoms with E-state index in [9.17, 15) is 0 Å². The van der Waals surface area contributed by atoms with Crippen LogP contribution in [0.1, 0.15) is 49.9 Å². The highest BCUT2D eigenvalue weighted by Crippen LogP contribution is 2.55. The Labute approximate surface area is 317 Å². The fourth-order valence-corrected chi connectivity index (χ4v) is 10.4. The summed E-state index contributed by atoms with van der Waals surface area (Å²) in [7, 11) is 0. The average Bonchev–Trinajstić information content (AvgIpc) is 3.59. The van der Waals surface area contributed by atoms with Crippen LogP contribution >= 0.6 is 0 Å². The molecule has 0 amide bonds. The molecular formula is C54H40. The van der Waals surface area contributed by atoms with Crippen molar-refractivity contribution < 1.29 is 0 Å². The van der Waals surface area contributed by atoms with E-state index in [-0.39, 0.29) is 10.8 Å². The number of benzene rings is 9. The molecular weight excluding hydrogens is 649 g/mol. The van der Waals surface area contributed by atoms with Gasteiger partial charge in [0.1, 0.15) is 0 Å². The molecule has 256 valence electrons. The lowest BCUT2D eigenvalue weighted by molar-refractivity contribution is 0.660. The molecule has 0 aromatic heterocycles. The molecule has 9 aromatic carbocycles. The van der Waals surface area contributed by atoms with Gasteiger partial charge in [0.15, 0.2) is 0 Å². The second-order valence-electron chi connectivity index (χ2n) is 16.4. The van der Waals surface area contributed by atoms with E-state index in [1.807, 2.05) is 0 Å². The van der Waals surface area contributed by atoms with Crippen molar-refractivity contribution in [3.63, 3.8) is 0 Å². The lowest BCUT2D eigenvalue weighted by Gasteiger charge is -2.26. The van der Waals surface area contributed by atoms with E-state index in [0.29, 0.717) is 0 Å². The predicted molar refractivity (Wildman–Crippen MR) is 230 cm³/mol. The summed E-state index contributed by atoms with van der Waals surface area (Å²) in [5.74, 6) is 0. The second kappa shape index (κ2) is 11.1. The number of hydrogen-bond donors (Lipinski definition) is 0. The van der Waals surface area contributed by atoms with E-state index in [1.54, 1.807) is 0 Å². The minimum absolute atomic E-state index is 0.0557. The van der Waals surface area contributed by atoms with Gasteiger partial charge in [-0.2, -0.15) is 0 Å². The zero-order valence-electron chi connectivity index (χ0n) is 31.2. The molecule has 2 aliphatic carbocycles. The fourth-order valence-electron chi connectivity index (χ4n) is 10.4. The van der Waals surface area contributed by atoms with Crippen LogP contribution in [0.3, 0.4) is 0 Å². The summed E-state index contributed by atoms with van der Waals surface area (Å²) in [4.78, 5) is 0. The molecule has 0 heteroatoms. The minimum atomic E-state index is -0.126. The molecule has 0 N–H and O–H groups in total. The van der Waals surface area contributed by atoms with Crippen LogP contribution in [0.15, 0.2) is 170 Å². The molecule has 9 aromatic rings. The molecule has 0 spiro atoms. The molecule has 0 aliphatic heterocycles. The maximum atomic E-state index is 2.47. The van der Waals surface area contributed by atoms with E-state index >= 15 is 0 Å². The zero-order chi connectivity index (χ0) is 36.3. The molecule has 0 bridgehead atoms. The summed E-state index contributed by atoms with van der Waals surface area (Å²) in [5, 5.41) is 7.80. The Kier molecular flexibility index (Phi) is 6.46. The van der Waals surface area contributed by atoms with Crippen LogP contribution in [0.2, 0.25) is 0 Å². The molecule has 11 rings (SSSR count). The quantitative estimate of drug-likeness (QED) is 0.162. The van der Waals surface area contributed by atoms with Gasteiger partial charge < -0.3 is 0 Å². The van der Waals surface area contributed by atoms with Gasteiger partial charge in [-0.3, -0.25) is 0 Å². The topological polar surface area (TPSA) is 0 Å².